The van der Waals surface area contributed by atoms with E-state index in [0.717, 1.165) is 38.3 Å². The molecule has 2 rings (SSSR count). The normalized spacial score (nSPS) is 21.6. The summed E-state index contributed by atoms with van der Waals surface area (Å²) in [6, 6.07) is 1.02. The van der Waals surface area contributed by atoms with Gasteiger partial charge in [-0.3, -0.25) is 0 Å². The highest BCUT2D eigenvalue weighted by molar-refractivity contribution is 7.89. The molecule has 4 nitrogen and oxygen atoms in total. The summed E-state index contributed by atoms with van der Waals surface area (Å²) < 4.78 is 26.1. The second-order valence-electron chi connectivity index (χ2n) is 8.70. The van der Waals surface area contributed by atoms with Gasteiger partial charge in [0.1, 0.15) is 0 Å². The van der Waals surface area contributed by atoms with Gasteiger partial charge in [0, 0.05) is 18.6 Å². The Morgan fingerprint density at radius 3 is 1.77 bits per heavy atom. The van der Waals surface area contributed by atoms with E-state index >= 15 is 0 Å². The van der Waals surface area contributed by atoms with E-state index in [0.29, 0.717) is 5.75 Å². The minimum Gasteiger partial charge on any atom is -0.314 e. The van der Waals surface area contributed by atoms with Crippen LogP contribution >= 0.6 is 23.2 Å². The number of nitrogens with zero attached hydrogens (tertiary/aromatic N) is 1. The number of nitrogens with one attached hydrogen (secondary N) is 1. The Balaban J connectivity index is 0.000000771. The first-order chi connectivity index (χ1) is 14.4. The highest BCUT2D eigenvalue weighted by Gasteiger charge is 2.30. The van der Waals surface area contributed by atoms with Gasteiger partial charge in [-0.2, -0.15) is 4.31 Å². The average Bonchev–Trinajstić information content (AvgIpc) is 3.35. The van der Waals surface area contributed by atoms with Gasteiger partial charge < -0.3 is 5.32 Å². The summed E-state index contributed by atoms with van der Waals surface area (Å²) in [6.45, 7) is 8.48. The molecule has 182 valence electrons. The van der Waals surface area contributed by atoms with E-state index in [2.05, 4.69) is 19.2 Å². The largest absolute Gasteiger partial charge is 0.314 e. The first kappa shape index (κ1) is 30.4. The number of hydrogen-bond donors (Lipinski definition) is 1. The third kappa shape index (κ3) is 16.1. The molecular formula is C23H48Cl2N2O2S. The summed E-state index contributed by atoms with van der Waals surface area (Å²) in [7, 11) is -2.98. The number of halogens is 2. The lowest BCUT2D eigenvalue weighted by Gasteiger charge is -2.20. The second kappa shape index (κ2) is 20.1. The number of unbranched alkanes of at least 4 members (excludes halogenated alkanes) is 9. The smallest absolute Gasteiger partial charge is 0.214 e. The third-order valence-electron chi connectivity index (χ3n) is 5.91. The zero-order valence-corrected chi connectivity index (χ0v) is 22.1. The predicted molar refractivity (Wildman–Crippen MR) is 134 cm³/mol. The van der Waals surface area contributed by atoms with E-state index in [9.17, 15) is 8.42 Å². The van der Waals surface area contributed by atoms with Crippen molar-refractivity contribution in [1.82, 2.24) is 9.62 Å². The van der Waals surface area contributed by atoms with Crippen molar-refractivity contribution >= 4 is 33.2 Å². The number of alkyl halides is 2. The lowest BCUT2D eigenvalue weighted by Crippen LogP contribution is -2.35. The van der Waals surface area contributed by atoms with E-state index in [1.807, 2.05) is 6.92 Å². The van der Waals surface area contributed by atoms with Crippen LogP contribution in [0, 0.1) is 0 Å². The Morgan fingerprint density at radius 2 is 1.40 bits per heavy atom. The SMILES string of the molecule is CCCCCCCCCCCCS(=O)(=O)N1CCC[C@H]1C.C[C@@H]1CCCN1.ClCCl. The molecule has 2 fully saturated rings. The molecule has 0 aromatic heterocycles. The molecule has 2 heterocycles. The van der Waals surface area contributed by atoms with Crippen molar-refractivity contribution in [3.05, 3.63) is 0 Å². The molecule has 2 aliphatic heterocycles. The number of rotatable bonds is 12. The second-order valence-corrected chi connectivity index (χ2v) is 11.5. The molecule has 0 aromatic rings. The molecule has 0 aliphatic carbocycles. The monoisotopic (exact) mass is 486 g/mol. The first-order valence-corrected chi connectivity index (χ1v) is 14.9. The lowest BCUT2D eigenvalue weighted by atomic mass is 10.1. The van der Waals surface area contributed by atoms with Crippen LogP contribution in [-0.4, -0.2) is 49.0 Å². The van der Waals surface area contributed by atoms with Crippen LogP contribution in [0.2, 0.25) is 0 Å². The zero-order chi connectivity index (χ0) is 22.7. The average molecular weight is 488 g/mol. The van der Waals surface area contributed by atoms with Crippen molar-refractivity contribution in [2.45, 2.75) is 123 Å². The fraction of sp³-hybridized carbons (Fsp3) is 1.00. The van der Waals surface area contributed by atoms with Crippen LogP contribution in [0.1, 0.15) is 111 Å². The number of sulfonamides is 1. The summed E-state index contributed by atoms with van der Waals surface area (Å²) >= 11 is 9.53. The van der Waals surface area contributed by atoms with Crippen molar-refractivity contribution in [2.24, 2.45) is 0 Å². The lowest BCUT2D eigenvalue weighted by molar-refractivity contribution is 0.407. The van der Waals surface area contributed by atoms with E-state index in [-0.39, 0.29) is 11.4 Å². The Kier molecular flexibility index (Phi) is 20.4. The van der Waals surface area contributed by atoms with E-state index in [1.54, 1.807) is 4.31 Å². The summed E-state index contributed by atoms with van der Waals surface area (Å²) in [5.74, 6) is 0.355. The van der Waals surface area contributed by atoms with Crippen LogP contribution < -0.4 is 5.32 Å². The molecule has 0 spiro atoms. The zero-order valence-electron chi connectivity index (χ0n) is 19.8. The van der Waals surface area contributed by atoms with E-state index in [1.165, 1.54) is 70.8 Å². The van der Waals surface area contributed by atoms with Gasteiger partial charge in [-0.1, -0.05) is 64.7 Å². The van der Waals surface area contributed by atoms with Gasteiger partial charge in [-0.05, 0) is 52.5 Å². The van der Waals surface area contributed by atoms with E-state index < -0.39 is 10.0 Å². The Morgan fingerprint density at radius 1 is 0.867 bits per heavy atom. The molecule has 0 bridgehead atoms. The summed E-state index contributed by atoms with van der Waals surface area (Å²) in [4.78, 5) is 0. The molecule has 2 atom stereocenters. The molecule has 0 aromatic carbocycles. The molecule has 7 heteroatoms. The van der Waals surface area contributed by atoms with Gasteiger partial charge in [0.25, 0.3) is 0 Å². The van der Waals surface area contributed by atoms with Gasteiger partial charge >= 0.3 is 0 Å². The predicted octanol–water partition coefficient (Wildman–Crippen LogP) is 6.90. The van der Waals surface area contributed by atoms with Crippen LogP contribution in [-0.2, 0) is 10.0 Å². The fourth-order valence-electron chi connectivity index (χ4n) is 4.07. The van der Waals surface area contributed by atoms with Crippen LogP contribution in [0.4, 0.5) is 0 Å². The fourth-order valence-corrected chi connectivity index (χ4v) is 5.93. The van der Waals surface area contributed by atoms with Gasteiger partial charge in [-0.25, -0.2) is 8.42 Å². The van der Waals surface area contributed by atoms with Crippen LogP contribution in [0.15, 0.2) is 0 Å². The maximum Gasteiger partial charge on any atom is 0.214 e. The molecule has 0 unspecified atom stereocenters. The Hall–Kier alpha value is 0.450. The minimum absolute atomic E-state index is 0.194. The Labute approximate surface area is 197 Å². The quantitative estimate of drug-likeness (QED) is 0.241. The highest BCUT2D eigenvalue weighted by Crippen LogP contribution is 2.21. The van der Waals surface area contributed by atoms with Crippen LogP contribution in [0.3, 0.4) is 0 Å². The minimum atomic E-state index is -2.98. The van der Waals surface area contributed by atoms with Crippen molar-refractivity contribution < 1.29 is 8.42 Å². The molecule has 0 saturated carbocycles. The summed E-state index contributed by atoms with van der Waals surface area (Å²) in [5, 5.41) is 3.51. The Bertz CT molecular complexity index is 472. The molecule has 30 heavy (non-hydrogen) atoms. The molecule has 2 aliphatic rings. The standard InChI is InChI=1S/C17H35NO2S.C5H11N.CH2Cl2/c1-3-4-5-6-7-8-9-10-11-12-16-21(19,20)18-15-13-14-17(18)2;1-5-3-2-4-6-5;2-1-3/h17H,3-16H2,1-2H3;5-6H,2-4H2,1H3;1H2/t17-;5-;/m11./s1. The van der Waals surface area contributed by atoms with Gasteiger partial charge in [0.05, 0.1) is 11.1 Å². The van der Waals surface area contributed by atoms with E-state index in [4.69, 9.17) is 23.2 Å². The van der Waals surface area contributed by atoms with Gasteiger partial charge in [-0.15, -0.1) is 23.2 Å². The molecule has 1 N–H and O–H groups in total. The molecule has 0 amide bonds. The van der Waals surface area contributed by atoms with Crippen molar-refractivity contribution in [3.63, 3.8) is 0 Å². The maximum absolute atomic E-state index is 12.2. The first-order valence-electron chi connectivity index (χ1n) is 12.2. The number of hydrogen-bond acceptors (Lipinski definition) is 3. The topological polar surface area (TPSA) is 49.4 Å². The highest BCUT2D eigenvalue weighted by atomic mass is 35.5. The molecular weight excluding hydrogens is 439 g/mol. The molecule has 0 radical (unpaired) electrons. The van der Waals surface area contributed by atoms with Crippen molar-refractivity contribution in [2.75, 3.05) is 24.2 Å². The molecule has 2 saturated heterocycles. The maximum atomic E-state index is 12.2. The van der Waals surface area contributed by atoms with Gasteiger partial charge in [0.15, 0.2) is 0 Å². The van der Waals surface area contributed by atoms with Gasteiger partial charge in [0.2, 0.25) is 10.0 Å². The third-order valence-corrected chi connectivity index (χ3v) is 7.97. The summed E-state index contributed by atoms with van der Waals surface area (Å²) in [5.41, 5.74) is 0. The van der Waals surface area contributed by atoms with Crippen LogP contribution in [0.25, 0.3) is 0 Å². The summed E-state index contributed by atoms with van der Waals surface area (Å²) in [6.07, 6.45) is 17.3. The van der Waals surface area contributed by atoms with Crippen LogP contribution in [0.5, 0.6) is 0 Å². The van der Waals surface area contributed by atoms with Crippen molar-refractivity contribution in [3.8, 4) is 0 Å². The van der Waals surface area contributed by atoms with Crippen molar-refractivity contribution in [1.29, 1.82) is 0 Å².